The van der Waals surface area contributed by atoms with E-state index in [1.165, 1.54) is 6.07 Å². The van der Waals surface area contributed by atoms with Crippen molar-refractivity contribution in [3.63, 3.8) is 0 Å². The van der Waals surface area contributed by atoms with Gasteiger partial charge in [-0.15, -0.1) is 0 Å². The summed E-state index contributed by atoms with van der Waals surface area (Å²) in [6.07, 6.45) is 0. The molecule has 1 aromatic carbocycles. The number of nitrogens with one attached hydrogen (secondary N) is 2. The van der Waals surface area contributed by atoms with Crippen molar-refractivity contribution in [2.75, 3.05) is 38.2 Å². The van der Waals surface area contributed by atoms with Crippen LogP contribution >= 0.6 is 15.9 Å². The van der Waals surface area contributed by atoms with Crippen LogP contribution in [0.5, 0.6) is 0 Å². The first-order valence-electron chi connectivity index (χ1n) is 5.38. The molecule has 1 aliphatic rings. The highest BCUT2D eigenvalue weighted by atomic mass is 79.9. The third-order valence-electron chi connectivity index (χ3n) is 2.63. The zero-order chi connectivity index (χ0) is 11.4. The van der Waals surface area contributed by atoms with Gasteiger partial charge in [-0.2, -0.15) is 0 Å². The van der Waals surface area contributed by atoms with Crippen molar-refractivity contribution < 1.29 is 4.39 Å². The van der Waals surface area contributed by atoms with Gasteiger partial charge >= 0.3 is 0 Å². The molecular weight excluding hydrogens is 273 g/mol. The molecule has 1 aromatic rings. The Labute approximate surface area is 103 Å². The second-order valence-corrected chi connectivity index (χ2v) is 4.74. The molecule has 0 bridgehead atoms. The summed E-state index contributed by atoms with van der Waals surface area (Å²) in [5, 5.41) is 6.40. The fourth-order valence-corrected chi connectivity index (χ4v) is 2.06. The molecular formula is C11H15BrFN3. The van der Waals surface area contributed by atoms with Crippen molar-refractivity contribution in [2.24, 2.45) is 0 Å². The first-order chi connectivity index (χ1) is 7.75. The van der Waals surface area contributed by atoms with Crippen LogP contribution in [0.25, 0.3) is 0 Å². The number of hydrogen-bond donors (Lipinski definition) is 2. The Kier molecular flexibility index (Phi) is 4.15. The summed E-state index contributed by atoms with van der Waals surface area (Å²) in [4.78, 5) is 2.26. The van der Waals surface area contributed by atoms with E-state index in [0.717, 1.165) is 30.7 Å². The van der Waals surface area contributed by atoms with Crippen LogP contribution in [0.2, 0.25) is 0 Å². The third kappa shape index (κ3) is 3.17. The van der Waals surface area contributed by atoms with Crippen LogP contribution in [-0.2, 0) is 0 Å². The standard InChI is InChI=1S/C11H15BrFN3/c12-9-1-2-10(13)11(7-9)15-8-16-5-3-14-4-6-16/h1-2,7,14-15H,3-6,8H2. The van der Waals surface area contributed by atoms with E-state index in [9.17, 15) is 4.39 Å². The van der Waals surface area contributed by atoms with Gasteiger partial charge in [-0.3, -0.25) is 4.90 Å². The van der Waals surface area contributed by atoms with E-state index in [0.29, 0.717) is 12.4 Å². The molecule has 0 aliphatic carbocycles. The minimum absolute atomic E-state index is 0.210. The molecule has 2 rings (SSSR count). The van der Waals surface area contributed by atoms with Crippen molar-refractivity contribution in [1.29, 1.82) is 0 Å². The highest BCUT2D eigenvalue weighted by Crippen LogP contribution is 2.19. The lowest BCUT2D eigenvalue weighted by atomic mass is 10.3. The SMILES string of the molecule is Fc1ccc(Br)cc1NCN1CCNCC1. The Morgan fingerprint density at radius 3 is 2.88 bits per heavy atom. The van der Waals surface area contributed by atoms with Crippen LogP contribution < -0.4 is 10.6 Å². The first kappa shape index (κ1) is 11.8. The third-order valence-corrected chi connectivity index (χ3v) is 3.12. The maximum absolute atomic E-state index is 13.4. The zero-order valence-corrected chi connectivity index (χ0v) is 10.6. The molecule has 0 spiro atoms. The summed E-state index contributed by atoms with van der Waals surface area (Å²) < 4.78 is 14.3. The average Bonchev–Trinajstić information content (AvgIpc) is 2.32. The summed E-state index contributed by atoms with van der Waals surface area (Å²) in [6, 6.07) is 4.92. The molecule has 16 heavy (non-hydrogen) atoms. The summed E-state index contributed by atoms with van der Waals surface area (Å²) in [7, 11) is 0. The van der Waals surface area contributed by atoms with Gasteiger partial charge in [0.1, 0.15) is 5.82 Å². The Hall–Kier alpha value is -0.650. The molecule has 1 saturated heterocycles. The number of anilines is 1. The highest BCUT2D eigenvalue weighted by Gasteiger charge is 2.09. The Morgan fingerprint density at radius 1 is 1.38 bits per heavy atom. The monoisotopic (exact) mass is 287 g/mol. The second kappa shape index (κ2) is 5.61. The number of rotatable bonds is 3. The topological polar surface area (TPSA) is 27.3 Å². The second-order valence-electron chi connectivity index (χ2n) is 3.83. The molecule has 1 heterocycles. The van der Waals surface area contributed by atoms with Crippen molar-refractivity contribution in [3.8, 4) is 0 Å². The molecule has 5 heteroatoms. The molecule has 0 radical (unpaired) electrons. The van der Waals surface area contributed by atoms with Crippen molar-refractivity contribution in [2.45, 2.75) is 0 Å². The van der Waals surface area contributed by atoms with E-state index in [2.05, 4.69) is 31.5 Å². The zero-order valence-electron chi connectivity index (χ0n) is 8.97. The van der Waals surface area contributed by atoms with Crippen LogP contribution in [0.4, 0.5) is 10.1 Å². The fourth-order valence-electron chi connectivity index (χ4n) is 1.70. The van der Waals surface area contributed by atoms with Crippen molar-refractivity contribution in [1.82, 2.24) is 10.2 Å². The van der Waals surface area contributed by atoms with Gasteiger partial charge in [-0.05, 0) is 18.2 Å². The van der Waals surface area contributed by atoms with Crippen LogP contribution in [0, 0.1) is 5.82 Å². The molecule has 1 aliphatic heterocycles. The molecule has 0 unspecified atom stereocenters. The van der Waals surface area contributed by atoms with Crippen LogP contribution in [0.1, 0.15) is 0 Å². The maximum atomic E-state index is 13.4. The van der Waals surface area contributed by atoms with Crippen LogP contribution in [0.3, 0.4) is 0 Å². The predicted molar refractivity (Wildman–Crippen MR) is 67.0 cm³/mol. The van der Waals surface area contributed by atoms with E-state index in [-0.39, 0.29) is 5.82 Å². The number of piperazine rings is 1. The Balaban J connectivity index is 1.90. The van der Waals surface area contributed by atoms with Gasteiger partial charge in [0.05, 0.1) is 12.4 Å². The summed E-state index contributed by atoms with van der Waals surface area (Å²) in [5.41, 5.74) is 0.549. The Morgan fingerprint density at radius 2 is 2.12 bits per heavy atom. The van der Waals surface area contributed by atoms with Crippen molar-refractivity contribution in [3.05, 3.63) is 28.5 Å². The molecule has 3 nitrogen and oxygen atoms in total. The van der Waals surface area contributed by atoms with E-state index in [1.807, 2.05) is 0 Å². The minimum atomic E-state index is -0.210. The average molecular weight is 288 g/mol. The van der Waals surface area contributed by atoms with Gasteiger partial charge < -0.3 is 10.6 Å². The van der Waals surface area contributed by atoms with Gasteiger partial charge in [-0.25, -0.2) is 4.39 Å². The predicted octanol–water partition coefficient (Wildman–Crippen LogP) is 1.86. The molecule has 88 valence electrons. The molecule has 0 saturated carbocycles. The largest absolute Gasteiger partial charge is 0.370 e. The molecule has 2 N–H and O–H groups in total. The summed E-state index contributed by atoms with van der Waals surface area (Å²) in [5.74, 6) is -0.210. The van der Waals surface area contributed by atoms with Gasteiger partial charge in [-0.1, -0.05) is 15.9 Å². The lowest BCUT2D eigenvalue weighted by Crippen LogP contribution is -2.45. The summed E-state index contributed by atoms with van der Waals surface area (Å²) in [6.45, 7) is 4.70. The smallest absolute Gasteiger partial charge is 0.146 e. The van der Waals surface area contributed by atoms with Crippen molar-refractivity contribution >= 4 is 21.6 Å². The maximum Gasteiger partial charge on any atom is 0.146 e. The quantitative estimate of drug-likeness (QED) is 0.889. The highest BCUT2D eigenvalue weighted by molar-refractivity contribution is 9.10. The Bertz CT molecular complexity index is 353. The lowest BCUT2D eigenvalue weighted by molar-refractivity contribution is 0.256. The van der Waals surface area contributed by atoms with Gasteiger partial charge in [0, 0.05) is 30.7 Å². The first-order valence-corrected chi connectivity index (χ1v) is 6.17. The normalized spacial score (nSPS) is 17.4. The van der Waals surface area contributed by atoms with Crippen LogP contribution in [-0.4, -0.2) is 37.7 Å². The molecule has 0 atom stereocenters. The molecule has 1 fully saturated rings. The van der Waals surface area contributed by atoms with Crippen LogP contribution in [0.15, 0.2) is 22.7 Å². The summed E-state index contributed by atoms with van der Waals surface area (Å²) >= 11 is 3.33. The fraction of sp³-hybridized carbons (Fsp3) is 0.455. The van der Waals surface area contributed by atoms with E-state index in [4.69, 9.17) is 0 Å². The van der Waals surface area contributed by atoms with E-state index in [1.54, 1.807) is 12.1 Å². The number of hydrogen-bond acceptors (Lipinski definition) is 3. The molecule has 0 aromatic heterocycles. The minimum Gasteiger partial charge on any atom is -0.370 e. The number of nitrogens with zero attached hydrogens (tertiary/aromatic N) is 1. The van der Waals surface area contributed by atoms with E-state index < -0.39 is 0 Å². The van der Waals surface area contributed by atoms with Gasteiger partial charge in [0.15, 0.2) is 0 Å². The van der Waals surface area contributed by atoms with Gasteiger partial charge in [0.25, 0.3) is 0 Å². The molecule has 0 amide bonds. The number of benzene rings is 1. The lowest BCUT2D eigenvalue weighted by Gasteiger charge is -2.27. The number of halogens is 2. The van der Waals surface area contributed by atoms with Gasteiger partial charge in [0.2, 0.25) is 0 Å². The van der Waals surface area contributed by atoms with E-state index >= 15 is 0 Å².